The minimum absolute atomic E-state index is 0.0237. The van der Waals surface area contributed by atoms with Crippen LogP contribution in [0.2, 0.25) is 5.02 Å². The van der Waals surface area contributed by atoms with E-state index in [1.807, 2.05) is 32.0 Å². The Kier molecular flexibility index (Phi) is 6.83. The van der Waals surface area contributed by atoms with Crippen molar-refractivity contribution >= 4 is 23.4 Å². The fraction of sp³-hybridized carbons (Fsp3) is 0.263. The number of hydrogen-bond acceptors (Lipinski definition) is 3. The van der Waals surface area contributed by atoms with Gasteiger partial charge in [-0.1, -0.05) is 41.9 Å². The van der Waals surface area contributed by atoms with Crippen LogP contribution in [0.3, 0.4) is 0 Å². The van der Waals surface area contributed by atoms with Crippen LogP contribution in [0.4, 0.5) is 0 Å². The first kappa shape index (κ1) is 18.8. The van der Waals surface area contributed by atoms with Crippen LogP contribution in [0.15, 0.2) is 48.5 Å². The average molecular weight is 361 g/mol. The summed E-state index contributed by atoms with van der Waals surface area (Å²) in [6, 6.07) is 14.3. The van der Waals surface area contributed by atoms with Crippen molar-refractivity contribution in [3.8, 4) is 5.75 Å². The Morgan fingerprint density at radius 3 is 2.48 bits per heavy atom. The third kappa shape index (κ3) is 5.80. The Labute approximate surface area is 152 Å². The number of hydrogen-bond donors (Lipinski definition) is 2. The quantitative estimate of drug-likeness (QED) is 0.797. The molecule has 0 fully saturated rings. The van der Waals surface area contributed by atoms with Gasteiger partial charge in [0.1, 0.15) is 12.4 Å². The molecular weight excluding hydrogens is 340 g/mol. The number of carbonyl (C=O) groups excluding carboxylic acids is 2. The maximum atomic E-state index is 12.3. The van der Waals surface area contributed by atoms with Crippen molar-refractivity contribution in [2.24, 2.45) is 0 Å². The predicted molar refractivity (Wildman–Crippen MR) is 97.8 cm³/mol. The summed E-state index contributed by atoms with van der Waals surface area (Å²) >= 11 is 6.12. The zero-order valence-electron chi connectivity index (χ0n) is 14.2. The van der Waals surface area contributed by atoms with Crippen LogP contribution >= 0.6 is 11.6 Å². The number of carbonyl (C=O) groups is 2. The van der Waals surface area contributed by atoms with E-state index < -0.39 is 0 Å². The third-order valence-corrected chi connectivity index (χ3v) is 3.70. The van der Waals surface area contributed by atoms with Gasteiger partial charge in [-0.3, -0.25) is 9.59 Å². The molecule has 0 unspecified atom stereocenters. The summed E-state index contributed by atoms with van der Waals surface area (Å²) in [6.45, 7) is 3.88. The Morgan fingerprint density at radius 2 is 1.76 bits per heavy atom. The van der Waals surface area contributed by atoms with Crippen LogP contribution in [0.1, 0.15) is 29.8 Å². The number of amides is 2. The molecule has 6 heteroatoms. The van der Waals surface area contributed by atoms with Gasteiger partial charge in [-0.25, -0.2) is 0 Å². The molecule has 2 rings (SSSR count). The molecule has 0 aromatic heterocycles. The number of halogens is 1. The average Bonchev–Trinajstić information content (AvgIpc) is 2.58. The fourth-order valence-corrected chi connectivity index (χ4v) is 2.37. The molecule has 0 aliphatic carbocycles. The molecule has 132 valence electrons. The van der Waals surface area contributed by atoms with E-state index >= 15 is 0 Å². The SMILES string of the molecule is CC(C)NC(=O)CNC(=O)c1ccccc1OCc1ccccc1Cl. The highest BCUT2D eigenvalue weighted by molar-refractivity contribution is 6.31. The highest BCUT2D eigenvalue weighted by Gasteiger charge is 2.14. The van der Waals surface area contributed by atoms with Crippen LogP contribution in [-0.2, 0) is 11.4 Å². The smallest absolute Gasteiger partial charge is 0.255 e. The maximum absolute atomic E-state index is 12.3. The van der Waals surface area contributed by atoms with Crippen LogP contribution in [0.5, 0.6) is 5.75 Å². The zero-order valence-corrected chi connectivity index (χ0v) is 15.0. The molecule has 2 N–H and O–H groups in total. The van der Waals surface area contributed by atoms with E-state index in [4.69, 9.17) is 16.3 Å². The summed E-state index contributed by atoms with van der Waals surface area (Å²) in [5.74, 6) is -0.171. The van der Waals surface area contributed by atoms with Gasteiger partial charge in [-0.15, -0.1) is 0 Å². The fourth-order valence-electron chi connectivity index (χ4n) is 2.18. The molecule has 0 bridgehead atoms. The van der Waals surface area contributed by atoms with Gasteiger partial charge in [0.05, 0.1) is 12.1 Å². The van der Waals surface area contributed by atoms with Crippen molar-refractivity contribution in [3.63, 3.8) is 0 Å². The van der Waals surface area contributed by atoms with Crippen molar-refractivity contribution in [2.45, 2.75) is 26.5 Å². The van der Waals surface area contributed by atoms with Crippen molar-refractivity contribution in [2.75, 3.05) is 6.54 Å². The van der Waals surface area contributed by atoms with Gasteiger partial charge >= 0.3 is 0 Å². The van der Waals surface area contributed by atoms with Crippen LogP contribution in [0, 0.1) is 0 Å². The first-order chi connectivity index (χ1) is 12.0. The van der Waals surface area contributed by atoms with Gasteiger partial charge < -0.3 is 15.4 Å². The predicted octanol–water partition coefficient (Wildman–Crippen LogP) is 3.17. The zero-order chi connectivity index (χ0) is 18.2. The Bertz CT molecular complexity index is 747. The third-order valence-electron chi connectivity index (χ3n) is 3.33. The Hall–Kier alpha value is -2.53. The number of benzene rings is 2. The number of nitrogens with one attached hydrogen (secondary N) is 2. The van der Waals surface area contributed by atoms with Crippen LogP contribution in [-0.4, -0.2) is 24.4 Å². The van der Waals surface area contributed by atoms with Gasteiger partial charge in [0.2, 0.25) is 5.91 Å². The lowest BCUT2D eigenvalue weighted by Crippen LogP contribution is -2.39. The number of ether oxygens (including phenoxy) is 1. The van der Waals surface area contributed by atoms with Crippen molar-refractivity contribution in [1.29, 1.82) is 0 Å². The van der Waals surface area contributed by atoms with E-state index in [1.165, 1.54) is 0 Å². The molecule has 0 saturated heterocycles. The molecule has 0 aliphatic rings. The molecule has 0 atom stereocenters. The number of rotatable bonds is 7. The van der Waals surface area contributed by atoms with E-state index in [9.17, 15) is 9.59 Å². The summed E-state index contributed by atoms with van der Waals surface area (Å²) in [6.07, 6.45) is 0. The number of para-hydroxylation sites is 1. The van der Waals surface area contributed by atoms with Gasteiger partial charge in [0.25, 0.3) is 5.91 Å². The second kappa shape index (κ2) is 9.08. The lowest BCUT2D eigenvalue weighted by Gasteiger charge is -2.13. The lowest BCUT2D eigenvalue weighted by molar-refractivity contribution is -0.120. The van der Waals surface area contributed by atoms with Gasteiger partial charge in [-0.05, 0) is 32.0 Å². The minimum atomic E-state index is -0.367. The molecule has 2 amide bonds. The monoisotopic (exact) mass is 360 g/mol. The molecule has 5 nitrogen and oxygen atoms in total. The maximum Gasteiger partial charge on any atom is 0.255 e. The Balaban J connectivity index is 2.01. The van der Waals surface area contributed by atoms with E-state index in [0.29, 0.717) is 16.3 Å². The van der Waals surface area contributed by atoms with E-state index in [0.717, 1.165) is 5.56 Å². The van der Waals surface area contributed by atoms with E-state index in [-0.39, 0.29) is 31.0 Å². The summed E-state index contributed by atoms with van der Waals surface area (Å²) < 4.78 is 5.75. The largest absolute Gasteiger partial charge is 0.488 e. The minimum Gasteiger partial charge on any atom is -0.488 e. The van der Waals surface area contributed by atoms with E-state index in [1.54, 1.807) is 30.3 Å². The first-order valence-electron chi connectivity index (χ1n) is 8.00. The molecule has 0 aliphatic heterocycles. The first-order valence-corrected chi connectivity index (χ1v) is 8.38. The molecule has 0 saturated carbocycles. The van der Waals surface area contributed by atoms with Gasteiger partial charge in [0.15, 0.2) is 0 Å². The van der Waals surface area contributed by atoms with Crippen LogP contribution < -0.4 is 15.4 Å². The Morgan fingerprint density at radius 1 is 1.08 bits per heavy atom. The van der Waals surface area contributed by atoms with Gasteiger partial charge in [0, 0.05) is 16.6 Å². The lowest BCUT2D eigenvalue weighted by atomic mass is 10.2. The van der Waals surface area contributed by atoms with Crippen molar-refractivity contribution in [3.05, 3.63) is 64.7 Å². The molecule has 25 heavy (non-hydrogen) atoms. The highest BCUT2D eigenvalue weighted by Crippen LogP contribution is 2.21. The molecule has 2 aromatic rings. The topological polar surface area (TPSA) is 67.4 Å². The standard InChI is InChI=1S/C19H21ClN2O3/c1-13(2)22-18(23)11-21-19(24)15-8-4-6-10-17(15)25-12-14-7-3-5-9-16(14)20/h3-10,13H,11-12H2,1-2H3,(H,21,24)(H,22,23). The van der Waals surface area contributed by atoms with Crippen molar-refractivity contribution in [1.82, 2.24) is 10.6 Å². The highest BCUT2D eigenvalue weighted by atomic mass is 35.5. The summed E-state index contributed by atoms with van der Waals surface area (Å²) in [5, 5.41) is 5.92. The van der Waals surface area contributed by atoms with Crippen molar-refractivity contribution < 1.29 is 14.3 Å². The molecule has 0 heterocycles. The normalized spacial score (nSPS) is 10.4. The molecule has 2 aromatic carbocycles. The molecule has 0 spiro atoms. The summed E-state index contributed by atoms with van der Waals surface area (Å²) in [4.78, 5) is 24.0. The second-order valence-corrected chi connectivity index (χ2v) is 6.19. The van der Waals surface area contributed by atoms with Crippen LogP contribution in [0.25, 0.3) is 0 Å². The summed E-state index contributed by atoms with van der Waals surface area (Å²) in [5.41, 5.74) is 1.20. The molecule has 0 radical (unpaired) electrons. The van der Waals surface area contributed by atoms with Gasteiger partial charge in [-0.2, -0.15) is 0 Å². The van der Waals surface area contributed by atoms with E-state index in [2.05, 4.69) is 10.6 Å². The summed E-state index contributed by atoms with van der Waals surface area (Å²) in [7, 11) is 0. The second-order valence-electron chi connectivity index (χ2n) is 5.78. The molecular formula is C19H21ClN2O3.